The lowest BCUT2D eigenvalue weighted by Crippen LogP contribution is -2.36. The number of ether oxygens (including phenoxy) is 3. The van der Waals surface area contributed by atoms with E-state index in [1.165, 1.54) is 0 Å². The van der Waals surface area contributed by atoms with E-state index in [-0.39, 0.29) is 5.56 Å². The van der Waals surface area contributed by atoms with Crippen molar-refractivity contribution in [3.8, 4) is 17.2 Å². The van der Waals surface area contributed by atoms with E-state index in [2.05, 4.69) is 14.9 Å². The van der Waals surface area contributed by atoms with Crippen molar-refractivity contribution < 1.29 is 14.2 Å². The number of nitrogens with zero attached hydrogens (tertiary/aromatic N) is 3. The number of rotatable bonds is 6. The van der Waals surface area contributed by atoms with E-state index in [1.807, 2.05) is 12.1 Å². The Morgan fingerprint density at radius 3 is 2.50 bits per heavy atom. The standard InChI is InChI=1S/C22H28N4O4/c1-28-18-11-20(30-3)19(29-2)10-14(18)12-26-9-7-16-15(13-26)22(27)25-21(24-16)17-6-4-5-8-23-17/h10-11H,4-9,12-13H2,1-3H3,(H,24,25,27). The van der Waals surface area contributed by atoms with Gasteiger partial charge in [-0.25, -0.2) is 4.98 Å². The van der Waals surface area contributed by atoms with Crippen LogP contribution in [-0.4, -0.2) is 55.0 Å². The molecule has 1 N–H and O–H groups in total. The van der Waals surface area contributed by atoms with E-state index >= 15 is 0 Å². The van der Waals surface area contributed by atoms with Crippen molar-refractivity contribution in [1.82, 2.24) is 14.9 Å². The number of fused-ring (bicyclic) bond motifs is 1. The van der Waals surface area contributed by atoms with E-state index < -0.39 is 0 Å². The Hall–Kier alpha value is -2.87. The minimum atomic E-state index is -0.0627. The van der Waals surface area contributed by atoms with Crippen LogP contribution in [0.2, 0.25) is 0 Å². The summed E-state index contributed by atoms with van der Waals surface area (Å²) in [7, 11) is 4.86. The third-order valence-corrected chi connectivity index (χ3v) is 5.73. The molecular weight excluding hydrogens is 384 g/mol. The minimum absolute atomic E-state index is 0.0627. The van der Waals surface area contributed by atoms with Gasteiger partial charge < -0.3 is 19.2 Å². The van der Waals surface area contributed by atoms with E-state index in [0.29, 0.717) is 30.4 Å². The molecule has 2 aliphatic rings. The van der Waals surface area contributed by atoms with Crippen molar-refractivity contribution in [1.29, 1.82) is 0 Å². The number of H-pyrrole nitrogens is 1. The molecule has 0 radical (unpaired) electrons. The maximum atomic E-state index is 12.8. The first kappa shape index (κ1) is 20.4. The molecule has 0 amide bonds. The maximum absolute atomic E-state index is 12.8. The molecule has 3 heterocycles. The van der Waals surface area contributed by atoms with Crippen LogP contribution < -0.4 is 19.8 Å². The van der Waals surface area contributed by atoms with Crippen LogP contribution in [0.3, 0.4) is 0 Å². The third kappa shape index (κ3) is 4.05. The summed E-state index contributed by atoms with van der Waals surface area (Å²) in [5.41, 5.74) is 3.47. The third-order valence-electron chi connectivity index (χ3n) is 5.73. The predicted molar refractivity (Wildman–Crippen MR) is 114 cm³/mol. The number of nitrogens with one attached hydrogen (secondary N) is 1. The van der Waals surface area contributed by atoms with Crippen LogP contribution in [0.15, 0.2) is 21.9 Å². The number of aromatic nitrogens is 2. The molecule has 0 fully saturated rings. The van der Waals surface area contributed by atoms with E-state index in [0.717, 1.165) is 67.1 Å². The number of hydrogen-bond acceptors (Lipinski definition) is 7. The number of aliphatic imine (C=N–C) groups is 1. The number of benzene rings is 1. The van der Waals surface area contributed by atoms with Crippen LogP contribution >= 0.6 is 0 Å². The van der Waals surface area contributed by atoms with Crippen LogP contribution in [-0.2, 0) is 19.5 Å². The Morgan fingerprint density at radius 1 is 1.03 bits per heavy atom. The molecule has 0 bridgehead atoms. The second-order valence-electron chi connectivity index (χ2n) is 7.60. The molecule has 1 aromatic carbocycles. The van der Waals surface area contributed by atoms with Gasteiger partial charge >= 0.3 is 0 Å². The summed E-state index contributed by atoms with van der Waals surface area (Å²) in [6.07, 6.45) is 3.82. The lowest BCUT2D eigenvalue weighted by Gasteiger charge is -2.28. The highest BCUT2D eigenvalue weighted by Crippen LogP contribution is 2.35. The molecule has 0 spiro atoms. The van der Waals surface area contributed by atoms with Crippen molar-refractivity contribution in [3.63, 3.8) is 0 Å². The molecular formula is C22H28N4O4. The van der Waals surface area contributed by atoms with Crippen molar-refractivity contribution in [2.24, 2.45) is 4.99 Å². The van der Waals surface area contributed by atoms with Crippen molar-refractivity contribution in [3.05, 3.63) is 45.1 Å². The Bertz CT molecular complexity index is 1010. The SMILES string of the molecule is COc1cc(OC)c(OC)cc1CN1CCc2nc(C3=NCCCC3)[nH]c(=O)c2C1. The first-order chi connectivity index (χ1) is 14.6. The first-order valence-corrected chi connectivity index (χ1v) is 10.3. The Balaban J connectivity index is 1.57. The molecule has 4 rings (SSSR count). The fourth-order valence-electron chi connectivity index (χ4n) is 4.10. The molecule has 160 valence electrons. The Morgan fingerprint density at radius 2 is 1.80 bits per heavy atom. The second-order valence-corrected chi connectivity index (χ2v) is 7.60. The average molecular weight is 412 g/mol. The molecule has 0 aliphatic carbocycles. The predicted octanol–water partition coefficient (Wildman–Crippen LogP) is 2.33. The van der Waals surface area contributed by atoms with Gasteiger partial charge in [-0.1, -0.05) is 0 Å². The van der Waals surface area contributed by atoms with Gasteiger partial charge in [0.05, 0.1) is 38.3 Å². The van der Waals surface area contributed by atoms with Crippen molar-refractivity contribution >= 4 is 5.71 Å². The van der Waals surface area contributed by atoms with Gasteiger partial charge in [0, 0.05) is 44.2 Å². The van der Waals surface area contributed by atoms with Crippen LogP contribution in [0.25, 0.3) is 0 Å². The molecule has 2 aromatic rings. The molecule has 0 unspecified atom stereocenters. The molecule has 0 atom stereocenters. The monoisotopic (exact) mass is 412 g/mol. The van der Waals surface area contributed by atoms with Crippen molar-refractivity contribution in [2.45, 2.75) is 38.8 Å². The molecule has 0 saturated carbocycles. The Kier molecular flexibility index (Phi) is 6.03. The van der Waals surface area contributed by atoms with E-state index in [9.17, 15) is 4.79 Å². The van der Waals surface area contributed by atoms with Gasteiger partial charge in [-0.15, -0.1) is 0 Å². The molecule has 30 heavy (non-hydrogen) atoms. The van der Waals surface area contributed by atoms with Gasteiger partial charge in [-0.2, -0.15) is 0 Å². The van der Waals surface area contributed by atoms with Gasteiger partial charge in [0.15, 0.2) is 17.3 Å². The average Bonchev–Trinajstić information content (AvgIpc) is 2.79. The lowest BCUT2D eigenvalue weighted by atomic mass is 10.0. The largest absolute Gasteiger partial charge is 0.496 e. The highest BCUT2D eigenvalue weighted by molar-refractivity contribution is 5.97. The summed E-state index contributed by atoms with van der Waals surface area (Å²) in [5.74, 6) is 2.66. The highest BCUT2D eigenvalue weighted by Gasteiger charge is 2.24. The second kappa shape index (κ2) is 8.87. The number of aromatic amines is 1. The zero-order valence-electron chi connectivity index (χ0n) is 17.8. The number of methoxy groups -OCH3 is 3. The fraction of sp³-hybridized carbons (Fsp3) is 0.500. The first-order valence-electron chi connectivity index (χ1n) is 10.3. The summed E-state index contributed by atoms with van der Waals surface area (Å²) in [6.45, 7) is 2.81. The molecule has 8 heteroatoms. The normalized spacial score (nSPS) is 16.6. The molecule has 2 aliphatic heterocycles. The van der Waals surface area contributed by atoms with Gasteiger partial charge in [0.25, 0.3) is 5.56 Å². The summed E-state index contributed by atoms with van der Waals surface area (Å²) in [4.78, 5) is 27.3. The van der Waals surface area contributed by atoms with Crippen LogP contribution in [0.4, 0.5) is 0 Å². The summed E-state index contributed by atoms with van der Waals surface area (Å²) >= 11 is 0. The molecule has 0 saturated heterocycles. The Labute approximate surface area is 175 Å². The van der Waals surface area contributed by atoms with Crippen molar-refractivity contribution in [2.75, 3.05) is 34.4 Å². The topological polar surface area (TPSA) is 89.0 Å². The minimum Gasteiger partial charge on any atom is -0.496 e. The zero-order chi connectivity index (χ0) is 21.1. The molecule has 1 aromatic heterocycles. The van der Waals surface area contributed by atoms with Crippen LogP contribution in [0.1, 0.15) is 41.9 Å². The number of hydrogen-bond donors (Lipinski definition) is 1. The van der Waals surface area contributed by atoms with E-state index in [4.69, 9.17) is 19.2 Å². The quantitative estimate of drug-likeness (QED) is 0.783. The zero-order valence-corrected chi connectivity index (χ0v) is 17.8. The van der Waals surface area contributed by atoms with Crippen LogP contribution in [0, 0.1) is 0 Å². The summed E-state index contributed by atoms with van der Waals surface area (Å²) in [6, 6.07) is 3.76. The van der Waals surface area contributed by atoms with Gasteiger partial charge in [0.1, 0.15) is 5.75 Å². The van der Waals surface area contributed by atoms with Gasteiger partial charge in [-0.05, 0) is 25.3 Å². The summed E-state index contributed by atoms with van der Waals surface area (Å²) < 4.78 is 16.4. The fourth-order valence-corrected chi connectivity index (χ4v) is 4.10. The smallest absolute Gasteiger partial charge is 0.255 e. The maximum Gasteiger partial charge on any atom is 0.255 e. The van der Waals surface area contributed by atoms with E-state index in [1.54, 1.807) is 21.3 Å². The summed E-state index contributed by atoms with van der Waals surface area (Å²) in [5, 5.41) is 0. The molecule has 8 nitrogen and oxygen atoms in total. The lowest BCUT2D eigenvalue weighted by molar-refractivity contribution is 0.237. The highest BCUT2D eigenvalue weighted by atomic mass is 16.5. The van der Waals surface area contributed by atoms with Crippen LogP contribution in [0.5, 0.6) is 17.2 Å². The van der Waals surface area contributed by atoms with Gasteiger partial charge in [0.2, 0.25) is 0 Å². The van der Waals surface area contributed by atoms with Gasteiger partial charge in [-0.3, -0.25) is 14.7 Å².